The number of amides is 3. The number of benzene rings is 1. The van der Waals surface area contributed by atoms with Crippen molar-refractivity contribution in [2.45, 2.75) is 71.6 Å². The molecule has 16 heteroatoms. The van der Waals surface area contributed by atoms with E-state index in [1.165, 1.54) is 22.0 Å². The molecule has 7 rings (SSSR count). The van der Waals surface area contributed by atoms with Gasteiger partial charge in [-0.05, 0) is 62.9 Å². The zero-order valence-electron chi connectivity index (χ0n) is 33.1. The van der Waals surface area contributed by atoms with Crippen molar-refractivity contribution >= 4 is 72.9 Å². The van der Waals surface area contributed by atoms with E-state index in [2.05, 4.69) is 70.2 Å². The summed E-state index contributed by atoms with van der Waals surface area (Å²) in [6.45, 7) is 11.0. The molecule has 2 radical (unpaired) electrons. The summed E-state index contributed by atoms with van der Waals surface area (Å²) in [5.74, 6) is -1.64. The first-order chi connectivity index (χ1) is 27.4. The fourth-order valence-corrected chi connectivity index (χ4v) is 9.46. The minimum absolute atomic E-state index is 0.0615. The standard InChI is InChI=1S/C41H49N7O6S2Si/c1-6-47-32-12-11-26-19-29(32)30(35(47)27-9-7-13-42-34(27)25(2)52-5)20-40(3,4)23-54-37(49)28-10-8-14-48(45-36(28)55)38(50)41(24-57,21-33-43-31(26)22-56-33)44-39(51)46-15-17-53-18-16-46/h7,9,11-13,19,22,24-25,28H,6,8,10,14-18,20-21,23H2,1-5H3,(H,44,51)(H,45,55)/t25-,28+,41?/m0/s1. The van der Waals surface area contributed by atoms with E-state index in [-0.39, 0.29) is 30.7 Å². The number of cyclic esters (lactones) is 1. The summed E-state index contributed by atoms with van der Waals surface area (Å²) in [5.41, 5.74) is 9.21. The Labute approximate surface area is 345 Å². The summed E-state index contributed by atoms with van der Waals surface area (Å²) >= 11 is 7.22. The van der Waals surface area contributed by atoms with E-state index in [4.69, 9.17) is 36.4 Å². The zero-order chi connectivity index (χ0) is 40.5. The van der Waals surface area contributed by atoms with Crippen molar-refractivity contribution in [3.63, 3.8) is 0 Å². The number of carbonyl (C=O) groups is 3. The third-order valence-electron chi connectivity index (χ3n) is 11.1. The van der Waals surface area contributed by atoms with Crippen molar-refractivity contribution in [3.8, 4) is 22.5 Å². The number of methoxy groups -OCH3 is 1. The Morgan fingerprint density at radius 2 is 2.00 bits per heavy atom. The Bertz CT molecular complexity index is 2200. The van der Waals surface area contributed by atoms with Gasteiger partial charge in [-0.3, -0.25) is 25.0 Å². The Hall–Kier alpha value is -4.35. The number of nitrogens with one attached hydrogen (secondary N) is 2. The van der Waals surface area contributed by atoms with E-state index in [1.54, 1.807) is 18.2 Å². The van der Waals surface area contributed by atoms with Crippen LogP contribution in [0.3, 0.4) is 0 Å². The van der Waals surface area contributed by atoms with Crippen LogP contribution in [0.25, 0.3) is 33.4 Å². The highest BCUT2D eigenvalue weighted by molar-refractivity contribution is 7.80. The van der Waals surface area contributed by atoms with Crippen LogP contribution >= 0.6 is 23.6 Å². The normalized spacial score (nSPS) is 22.3. The number of hydrogen-bond acceptors (Lipinski definition) is 10. The predicted molar refractivity (Wildman–Crippen MR) is 225 cm³/mol. The van der Waals surface area contributed by atoms with E-state index >= 15 is 0 Å². The first kappa shape index (κ1) is 40.8. The molecule has 1 unspecified atom stereocenters. The fraction of sp³-hybridized carbons (Fsp3) is 0.488. The molecule has 0 saturated carbocycles. The molecule has 3 aromatic heterocycles. The number of pyridine rings is 1. The molecule has 57 heavy (non-hydrogen) atoms. The van der Waals surface area contributed by atoms with Crippen LogP contribution in [-0.2, 0) is 43.2 Å². The SMILES string of the molecule is CCn1c(-c2cccnc2[C@H](C)OC)c2c3cc(ccc31)-c1csc(n1)CC(C=[Si])(NC(=O)N1CCOCC1)C(=O)N1CCC[C@@H](C(=O)OCC(C)(C)C2)C(=S)N1. The number of thiazole rings is 1. The average molecular weight is 828 g/mol. The minimum atomic E-state index is -1.57. The number of morpholine rings is 1. The molecule has 3 aliphatic heterocycles. The van der Waals surface area contributed by atoms with Gasteiger partial charge in [0.2, 0.25) is 0 Å². The molecule has 3 atom stereocenters. The monoisotopic (exact) mass is 827 g/mol. The number of hydrogen-bond donors (Lipinski definition) is 2. The van der Waals surface area contributed by atoms with Gasteiger partial charge in [-0.1, -0.05) is 37.8 Å². The van der Waals surface area contributed by atoms with E-state index in [0.717, 1.165) is 44.7 Å². The molecular weight excluding hydrogens is 779 g/mol. The molecule has 300 valence electrons. The van der Waals surface area contributed by atoms with Crippen LogP contribution in [0.1, 0.15) is 62.9 Å². The summed E-state index contributed by atoms with van der Waals surface area (Å²) in [4.78, 5) is 54.1. The van der Waals surface area contributed by atoms with Crippen LogP contribution < -0.4 is 10.7 Å². The topological polar surface area (TPSA) is 140 Å². The van der Waals surface area contributed by atoms with Gasteiger partial charge in [-0.25, -0.2) is 9.78 Å². The maximum absolute atomic E-state index is 14.7. The lowest BCUT2D eigenvalue weighted by Gasteiger charge is -2.37. The van der Waals surface area contributed by atoms with Crippen LogP contribution in [0.4, 0.5) is 4.79 Å². The number of aromatic nitrogens is 3. The largest absolute Gasteiger partial charge is 0.465 e. The molecule has 6 heterocycles. The lowest BCUT2D eigenvalue weighted by atomic mass is 9.84. The van der Waals surface area contributed by atoms with Gasteiger partial charge in [0.1, 0.15) is 16.4 Å². The Morgan fingerprint density at radius 3 is 2.74 bits per heavy atom. The van der Waals surface area contributed by atoms with Gasteiger partial charge in [-0.15, -0.1) is 11.3 Å². The van der Waals surface area contributed by atoms with Gasteiger partial charge < -0.3 is 29.0 Å². The smallest absolute Gasteiger partial charge is 0.318 e. The number of rotatable bonds is 6. The number of thiocarbonyl (C=S) groups is 1. The molecule has 2 N–H and O–H groups in total. The number of carbonyl (C=O) groups excluding carboxylic acids is 3. The summed E-state index contributed by atoms with van der Waals surface area (Å²) in [5, 5.41) is 8.14. The quantitative estimate of drug-likeness (QED) is 0.154. The first-order valence-electron chi connectivity index (χ1n) is 19.4. The Balaban J connectivity index is 1.39. The van der Waals surface area contributed by atoms with Crippen LogP contribution in [0.5, 0.6) is 0 Å². The highest BCUT2D eigenvalue weighted by Crippen LogP contribution is 2.42. The van der Waals surface area contributed by atoms with Crippen LogP contribution in [0.2, 0.25) is 0 Å². The summed E-state index contributed by atoms with van der Waals surface area (Å²) in [6, 6.07) is 10.0. The van der Waals surface area contributed by atoms with Gasteiger partial charge in [0, 0.05) is 88.6 Å². The lowest BCUT2D eigenvalue weighted by Crippen LogP contribution is -2.67. The molecule has 4 aromatic rings. The first-order valence-corrected chi connectivity index (χ1v) is 21.3. The van der Waals surface area contributed by atoms with Crippen LogP contribution in [0.15, 0.2) is 41.9 Å². The van der Waals surface area contributed by atoms with Crippen molar-refractivity contribution in [2.24, 2.45) is 11.3 Å². The van der Waals surface area contributed by atoms with E-state index < -0.39 is 34.8 Å². The Morgan fingerprint density at radius 1 is 1.21 bits per heavy atom. The van der Waals surface area contributed by atoms with Crippen molar-refractivity contribution in [2.75, 3.05) is 46.6 Å². The van der Waals surface area contributed by atoms with E-state index in [0.29, 0.717) is 57.1 Å². The molecule has 2 fully saturated rings. The second-order valence-electron chi connectivity index (χ2n) is 15.6. The number of aryl methyl sites for hydroxylation is 1. The zero-order valence-corrected chi connectivity index (χ0v) is 35.7. The number of fused-ring (bicyclic) bond motifs is 7. The third-order valence-corrected chi connectivity index (χ3v) is 12.8. The van der Waals surface area contributed by atoms with Crippen LogP contribution in [0, 0.1) is 11.3 Å². The summed E-state index contributed by atoms with van der Waals surface area (Å²) in [7, 11) is 5.25. The number of hydrazine groups is 1. The molecule has 0 aliphatic carbocycles. The average Bonchev–Trinajstić information content (AvgIpc) is 3.74. The van der Waals surface area contributed by atoms with Gasteiger partial charge in [0.05, 0.1) is 48.0 Å². The van der Waals surface area contributed by atoms with Gasteiger partial charge in [0.15, 0.2) is 0 Å². The van der Waals surface area contributed by atoms with E-state index in [9.17, 15) is 14.4 Å². The second-order valence-corrected chi connectivity index (χ2v) is 17.3. The van der Waals surface area contributed by atoms with Crippen LogP contribution in [-0.4, -0.2) is 115 Å². The maximum atomic E-state index is 14.7. The van der Waals surface area contributed by atoms with Crippen molar-refractivity contribution in [3.05, 3.63) is 58.2 Å². The third kappa shape index (κ3) is 8.19. The van der Waals surface area contributed by atoms with Crippen molar-refractivity contribution < 1.29 is 28.6 Å². The van der Waals surface area contributed by atoms with Gasteiger partial charge in [-0.2, -0.15) is 0 Å². The number of esters is 1. The molecule has 0 spiro atoms. The lowest BCUT2D eigenvalue weighted by molar-refractivity contribution is -0.149. The number of urea groups is 1. The maximum Gasteiger partial charge on any atom is 0.318 e. The Kier molecular flexibility index (Phi) is 12.1. The minimum Gasteiger partial charge on any atom is -0.465 e. The van der Waals surface area contributed by atoms with Crippen molar-refractivity contribution in [1.29, 1.82) is 0 Å². The summed E-state index contributed by atoms with van der Waals surface area (Å²) < 4.78 is 19.7. The highest BCUT2D eigenvalue weighted by atomic mass is 32.1. The highest BCUT2D eigenvalue weighted by Gasteiger charge is 2.44. The predicted octanol–water partition coefficient (Wildman–Crippen LogP) is 5.04. The molecular formula is C41H49N7O6S2Si. The second kappa shape index (κ2) is 16.9. The number of nitrogens with zero attached hydrogens (tertiary/aromatic N) is 5. The fourth-order valence-electron chi connectivity index (χ4n) is 7.94. The molecule has 3 aliphatic rings. The molecule has 6 bridgehead atoms. The van der Waals surface area contributed by atoms with Crippen molar-refractivity contribution in [1.82, 2.24) is 35.2 Å². The number of ether oxygens (including phenoxy) is 3. The van der Waals surface area contributed by atoms with Gasteiger partial charge >= 0.3 is 12.0 Å². The molecule has 13 nitrogen and oxygen atoms in total. The summed E-state index contributed by atoms with van der Waals surface area (Å²) in [6.07, 6.45) is 3.07. The molecule has 2 saturated heterocycles. The molecule has 1 aromatic carbocycles. The van der Waals surface area contributed by atoms with Gasteiger partial charge in [0.25, 0.3) is 5.91 Å². The van der Waals surface area contributed by atoms with E-state index in [1.807, 2.05) is 18.4 Å². The molecule has 3 amide bonds.